The van der Waals surface area contributed by atoms with E-state index in [2.05, 4.69) is 19.5 Å². The van der Waals surface area contributed by atoms with Crippen LogP contribution >= 0.6 is 11.3 Å². The number of guanidine groups is 1. The van der Waals surface area contributed by atoms with Crippen LogP contribution in [0, 0.1) is 0 Å². The summed E-state index contributed by atoms with van der Waals surface area (Å²) in [6.07, 6.45) is 2.75. The van der Waals surface area contributed by atoms with Gasteiger partial charge in [-0.1, -0.05) is 11.3 Å². The largest absolute Gasteiger partial charge is 0.418 e. The summed E-state index contributed by atoms with van der Waals surface area (Å²) in [7, 11) is -4.75. The van der Waals surface area contributed by atoms with E-state index in [4.69, 9.17) is 16.0 Å². The van der Waals surface area contributed by atoms with E-state index >= 15 is 0 Å². The number of piperidine rings is 1. The Morgan fingerprint density at radius 1 is 1.26 bits per heavy atom. The third-order valence-electron chi connectivity index (χ3n) is 5.03. The number of hydrogen-bond acceptors (Lipinski definition) is 8. The number of nitrogens with zero attached hydrogens (tertiary/aromatic N) is 5. The second kappa shape index (κ2) is 6.54. The molecule has 0 radical (unpaired) electrons. The smallest absolute Gasteiger partial charge is 0.370 e. The predicted octanol–water partition coefficient (Wildman–Crippen LogP) is -0.267. The molecule has 0 aromatic carbocycles. The lowest BCUT2D eigenvalue weighted by Crippen LogP contribution is -2.35. The minimum atomic E-state index is -4.75. The van der Waals surface area contributed by atoms with Crippen LogP contribution in [0.3, 0.4) is 0 Å². The fourth-order valence-electron chi connectivity index (χ4n) is 3.74. The van der Waals surface area contributed by atoms with Gasteiger partial charge in [-0.05, 0) is 25.7 Å². The summed E-state index contributed by atoms with van der Waals surface area (Å²) in [5.41, 5.74) is 10.8. The first kappa shape index (κ1) is 18.3. The van der Waals surface area contributed by atoms with Crippen molar-refractivity contribution in [2.45, 2.75) is 49.7 Å². The van der Waals surface area contributed by atoms with Crippen LogP contribution in [0.15, 0.2) is 4.99 Å². The van der Waals surface area contributed by atoms with Crippen molar-refractivity contribution in [1.29, 1.82) is 0 Å². The van der Waals surface area contributed by atoms with Crippen molar-refractivity contribution in [2.24, 2.45) is 16.5 Å². The molecule has 3 aliphatic rings. The van der Waals surface area contributed by atoms with Gasteiger partial charge in [0.25, 0.3) is 0 Å². The second-order valence-corrected chi connectivity index (χ2v) is 8.91. The zero-order chi connectivity index (χ0) is 19.3. The third kappa shape index (κ3) is 3.56. The molecule has 1 aliphatic carbocycles. The number of rotatable bonds is 5. The minimum absolute atomic E-state index is 0.0809. The van der Waals surface area contributed by atoms with Crippen LogP contribution in [-0.2, 0) is 14.7 Å². The van der Waals surface area contributed by atoms with Gasteiger partial charge in [-0.25, -0.2) is 4.79 Å². The standard InChI is InChI=1S/C13H19N7O5S2/c14-12(15)16-7-3-6(4-7)10-17-18-11(26-10)9-2-1-8-5-19(9)13(21)20(8)25-27(22,23)24/h6-9H,1-5H2,(H4,14,15,16)(H,22,23,24)/t6?,7?,8-,9-/m0/s1. The van der Waals surface area contributed by atoms with E-state index < -0.39 is 22.5 Å². The maximum atomic E-state index is 12.5. The lowest BCUT2D eigenvalue weighted by Gasteiger charge is -2.30. The summed E-state index contributed by atoms with van der Waals surface area (Å²) >= 11 is 1.44. The normalized spacial score (nSPS) is 30.3. The van der Waals surface area contributed by atoms with Crippen LogP contribution in [0.5, 0.6) is 0 Å². The monoisotopic (exact) mass is 417 g/mol. The van der Waals surface area contributed by atoms with Crippen LogP contribution in [0.1, 0.15) is 47.7 Å². The molecular weight excluding hydrogens is 398 g/mol. The number of aromatic nitrogens is 2. The molecule has 3 heterocycles. The first-order valence-corrected chi connectivity index (χ1v) is 10.6. The maximum Gasteiger partial charge on any atom is 0.418 e. The van der Waals surface area contributed by atoms with Gasteiger partial charge in [-0.2, -0.15) is 13.5 Å². The fraction of sp³-hybridized carbons (Fsp3) is 0.692. The van der Waals surface area contributed by atoms with E-state index in [0.717, 1.165) is 22.9 Å². The number of fused-ring (bicyclic) bond motifs is 2. The Hall–Kier alpha value is -2.03. The number of amides is 2. The molecule has 27 heavy (non-hydrogen) atoms. The molecule has 1 saturated carbocycles. The van der Waals surface area contributed by atoms with Gasteiger partial charge >= 0.3 is 16.4 Å². The Bertz CT molecular complexity index is 877. The molecule has 1 aromatic rings. The Balaban J connectivity index is 1.44. The minimum Gasteiger partial charge on any atom is -0.370 e. The maximum absolute atomic E-state index is 12.5. The Morgan fingerprint density at radius 3 is 2.63 bits per heavy atom. The zero-order valence-electron chi connectivity index (χ0n) is 14.1. The summed E-state index contributed by atoms with van der Waals surface area (Å²) < 4.78 is 35.2. The van der Waals surface area contributed by atoms with Crippen molar-refractivity contribution in [2.75, 3.05) is 6.54 Å². The highest BCUT2D eigenvalue weighted by atomic mass is 32.3. The van der Waals surface area contributed by atoms with Crippen LogP contribution in [-0.4, -0.2) is 63.8 Å². The average Bonchev–Trinajstić information content (AvgIpc) is 3.10. The molecule has 2 atom stereocenters. The van der Waals surface area contributed by atoms with E-state index in [1.54, 1.807) is 0 Å². The predicted molar refractivity (Wildman–Crippen MR) is 93.8 cm³/mol. The highest BCUT2D eigenvalue weighted by Gasteiger charge is 2.48. The third-order valence-corrected chi connectivity index (χ3v) is 6.57. The summed E-state index contributed by atoms with van der Waals surface area (Å²) in [6.45, 7) is 0.309. The van der Waals surface area contributed by atoms with Gasteiger partial charge < -0.3 is 16.4 Å². The molecule has 14 heteroatoms. The molecule has 0 unspecified atom stereocenters. The highest BCUT2D eigenvalue weighted by Crippen LogP contribution is 2.44. The molecular formula is C13H19N7O5S2. The Morgan fingerprint density at radius 2 is 1.96 bits per heavy atom. The number of carbonyl (C=O) groups is 1. The molecule has 3 fully saturated rings. The molecule has 2 aliphatic heterocycles. The molecule has 2 saturated heterocycles. The van der Waals surface area contributed by atoms with E-state index in [-0.39, 0.29) is 24.0 Å². The summed E-state index contributed by atoms with van der Waals surface area (Å²) in [4.78, 5) is 18.1. The van der Waals surface area contributed by atoms with E-state index in [1.807, 2.05) is 0 Å². The molecule has 4 rings (SSSR count). The van der Waals surface area contributed by atoms with Gasteiger partial charge in [0.1, 0.15) is 10.0 Å². The molecule has 12 nitrogen and oxygen atoms in total. The van der Waals surface area contributed by atoms with E-state index in [1.165, 1.54) is 16.2 Å². The van der Waals surface area contributed by atoms with Gasteiger partial charge in [0, 0.05) is 12.5 Å². The first-order chi connectivity index (χ1) is 12.7. The van der Waals surface area contributed by atoms with Gasteiger partial charge in [-0.3, -0.25) is 9.55 Å². The van der Waals surface area contributed by atoms with E-state index in [0.29, 0.717) is 24.4 Å². The molecule has 0 spiro atoms. The van der Waals surface area contributed by atoms with Gasteiger partial charge in [-0.15, -0.1) is 14.5 Å². The molecule has 2 bridgehead atoms. The molecule has 148 valence electrons. The second-order valence-electron chi connectivity index (χ2n) is 6.86. The lowest BCUT2D eigenvalue weighted by molar-refractivity contribution is -0.0317. The number of carbonyl (C=O) groups excluding carboxylic acids is 1. The number of hydroxylamine groups is 2. The van der Waals surface area contributed by atoms with Crippen molar-refractivity contribution in [1.82, 2.24) is 20.2 Å². The Kier molecular flexibility index (Phi) is 4.44. The van der Waals surface area contributed by atoms with Crippen molar-refractivity contribution < 1.29 is 22.0 Å². The molecule has 2 amide bonds. The number of urea groups is 1. The van der Waals surface area contributed by atoms with Crippen molar-refractivity contribution in [3.8, 4) is 0 Å². The van der Waals surface area contributed by atoms with Crippen LogP contribution in [0.2, 0.25) is 0 Å². The van der Waals surface area contributed by atoms with Crippen molar-refractivity contribution in [3.63, 3.8) is 0 Å². The quantitative estimate of drug-likeness (QED) is 0.330. The first-order valence-electron chi connectivity index (χ1n) is 8.40. The van der Waals surface area contributed by atoms with Crippen molar-refractivity contribution >= 4 is 33.7 Å². The van der Waals surface area contributed by atoms with E-state index in [9.17, 15) is 13.2 Å². The van der Waals surface area contributed by atoms with Gasteiger partial charge in [0.05, 0.1) is 18.1 Å². The van der Waals surface area contributed by atoms with Gasteiger partial charge in [0.15, 0.2) is 5.96 Å². The molecule has 1 aromatic heterocycles. The van der Waals surface area contributed by atoms with Crippen molar-refractivity contribution in [3.05, 3.63) is 10.0 Å². The van der Waals surface area contributed by atoms with Crippen LogP contribution < -0.4 is 11.5 Å². The average molecular weight is 417 g/mol. The highest BCUT2D eigenvalue weighted by molar-refractivity contribution is 7.80. The van der Waals surface area contributed by atoms with Crippen LogP contribution in [0.4, 0.5) is 4.79 Å². The molecule has 5 N–H and O–H groups in total. The van der Waals surface area contributed by atoms with Gasteiger partial charge in [0.2, 0.25) is 0 Å². The lowest BCUT2D eigenvalue weighted by atomic mass is 9.81. The summed E-state index contributed by atoms with van der Waals surface area (Å²) in [5, 5.41) is 10.8. The summed E-state index contributed by atoms with van der Waals surface area (Å²) in [6, 6.07) is -1.21. The summed E-state index contributed by atoms with van der Waals surface area (Å²) in [5.74, 6) is 0.326. The fourth-order valence-corrected chi connectivity index (χ4v) is 5.25. The topological polar surface area (TPSA) is 177 Å². The Labute approximate surface area is 159 Å². The SMILES string of the molecule is NC(N)=NC1CC(c2nnc([C@@H]3CC[C@H]4CN3C(=O)N4OS(=O)(=O)O)s2)C1. The van der Waals surface area contributed by atoms with Crippen LogP contribution in [0.25, 0.3) is 0 Å². The number of nitrogens with two attached hydrogens (primary N) is 2. The number of hydrogen-bond donors (Lipinski definition) is 3. The number of aliphatic imine (C=N–C) groups is 1. The zero-order valence-corrected chi connectivity index (χ0v) is 15.8.